The van der Waals surface area contributed by atoms with E-state index in [9.17, 15) is 13.0 Å². The van der Waals surface area contributed by atoms with Gasteiger partial charge in [0, 0.05) is 26.0 Å². The van der Waals surface area contributed by atoms with Gasteiger partial charge in [0.05, 0.1) is 4.88 Å². The van der Waals surface area contributed by atoms with Crippen LogP contribution in [0.1, 0.15) is 0 Å². The van der Waals surface area contributed by atoms with Crippen molar-refractivity contribution in [2.24, 2.45) is 10.2 Å². The number of rotatable bonds is 5. The Morgan fingerprint density at radius 2 is 1.81 bits per heavy atom. The summed E-state index contributed by atoms with van der Waals surface area (Å²) in [6.07, 6.45) is 1.69. The van der Waals surface area contributed by atoms with Crippen LogP contribution in [0.25, 0.3) is 10.4 Å². The molecule has 0 aliphatic carbocycles. The molecule has 1 N–H and O–H groups in total. The highest BCUT2D eigenvalue weighted by molar-refractivity contribution is 7.86. The Kier molecular flexibility index (Phi) is 5.12. The predicted molar refractivity (Wildman–Crippen MR) is 102 cm³/mol. The van der Waals surface area contributed by atoms with Crippen molar-refractivity contribution in [3.05, 3.63) is 54.7 Å². The van der Waals surface area contributed by atoms with Gasteiger partial charge in [-0.25, -0.2) is 4.98 Å². The third kappa shape index (κ3) is 4.13. The first kappa shape index (κ1) is 18.2. The zero-order valence-corrected chi connectivity index (χ0v) is 15.7. The fraction of sp³-hybridized carbons (Fsp3) is 0.118. The van der Waals surface area contributed by atoms with Crippen LogP contribution >= 0.6 is 11.3 Å². The molecule has 0 amide bonds. The summed E-state index contributed by atoms with van der Waals surface area (Å²) in [7, 11) is -0.891. The van der Waals surface area contributed by atoms with Crippen molar-refractivity contribution in [3.63, 3.8) is 0 Å². The highest BCUT2D eigenvalue weighted by Gasteiger charge is 2.17. The number of hydrogen-bond donors (Lipinski definition) is 1. The van der Waals surface area contributed by atoms with Crippen molar-refractivity contribution in [1.82, 2.24) is 4.98 Å². The Morgan fingerprint density at radius 3 is 2.46 bits per heavy atom. The van der Waals surface area contributed by atoms with Gasteiger partial charge in [0.2, 0.25) is 5.13 Å². The molecule has 0 bridgehead atoms. The van der Waals surface area contributed by atoms with E-state index in [0.29, 0.717) is 10.8 Å². The fourth-order valence-corrected chi connectivity index (χ4v) is 3.60. The van der Waals surface area contributed by atoms with Crippen LogP contribution in [0.3, 0.4) is 0 Å². The molecule has 2 aromatic carbocycles. The highest BCUT2D eigenvalue weighted by atomic mass is 32.2. The molecule has 1 aromatic heterocycles. The standard InChI is InChI=1S/C17H16N4O3S2/c1-21(2)13-8-9-14(16(10-13)26(22,23)24)19-20-17-18-11-15(25-17)12-6-4-3-5-7-12/h3-11H,1-2H3,(H,22,23,24). The maximum Gasteiger partial charge on any atom is 0.296 e. The average Bonchev–Trinajstić information content (AvgIpc) is 3.08. The smallest absolute Gasteiger partial charge is 0.296 e. The van der Waals surface area contributed by atoms with E-state index in [0.717, 1.165) is 10.4 Å². The number of benzene rings is 2. The molecule has 0 unspecified atom stereocenters. The normalized spacial score (nSPS) is 11.8. The van der Waals surface area contributed by atoms with Crippen LogP contribution in [-0.2, 0) is 10.1 Å². The molecule has 3 aromatic rings. The Labute approximate surface area is 155 Å². The van der Waals surface area contributed by atoms with Gasteiger partial charge in [-0.15, -0.1) is 10.2 Å². The molecule has 0 saturated heterocycles. The lowest BCUT2D eigenvalue weighted by atomic mass is 10.2. The minimum absolute atomic E-state index is 0.0505. The fourth-order valence-electron chi connectivity index (χ4n) is 2.21. The van der Waals surface area contributed by atoms with E-state index in [1.54, 1.807) is 31.3 Å². The lowest BCUT2D eigenvalue weighted by molar-refractivity contribution is 0.483. The van der Waals surface area contributed by atoms with E-state index in [4.69, 9.17) is 0 Å². The van der Waals surface area contributed by atoms with Crippen molar-refractivity contribution < 1.29 is 13.0 Å². The molecule has 134 valence electrons. The van der Waals surface area contributed by atoms with Gasteiger partial charge in [0.15, 0.2) is 0 Å². The molecule has 0 aliphatic heterocycles. The molecule has 0 fully saturated rings. The molecular weight excluding hydrogens is 372 g/mol. The van der Waals surface area contributed by atoms with Gasteiger partial charge >= 0.3 is 0 Å². The Bertz CT molecular complexity index is 1040. The molecule has 0 spiro atoms. The van der Waals surface area contributed by atoms with Gasteiger partial charge in [-0.1, -0.05) is 41.7 Å². The molecule has 9 heteroatoms. The van der Waals surface area contributed by atoms with Crippen LogP contribution in [0.2, 0.25) is 0 Å². The topological polar surface area (TPSA) is 95.2 Å². The first-order valence-corrected chi connectivity index (χ1v) is 9.82. The molecule has 0 atom stereocenters. The monoisotopic (exact) mass is 388 g/mol. The van der Waals surface area contributed by atoms with Crippen LogP contribution in [0, 0.1) is 0 Å². The first-order valence-electron chi connectivity index (χ1n) is 7.56. The Hall–Kier alpha value is -2.62. The number of nitrogens with zero attached hydrogens (tertiary/aromatic N) is 4. The zero-order chi connectivity index (χ0) is 18.7. The zero-order valence-electron chi connectivity index (χ0n) is 14.1. The number of hydrogen-bond acceptors (Lipinski definition) is 7. The SMILES string of the molecule is CN(C)c1ccc(N=Nc2ncc(-c3ccccc3)s2)c(S(=O)(=O)O)c1. The third-order valence-corrected chi connectivity index (χ3v) is 5.35. The summed E-state index contributed by atoms with van der Waals surface area (Å²) in [6.45, 7) is 0. The van der Waals surface area contributed by atoms with Crippen molar-refractivity contribution in [1.29, 1.82) is 0 Å². The molecule has 1 heterocycles. The van der Waals surface area contributed by atoms with Gasteiger partial charge in [-0.05, 0) is 23.8 Å². The van der Waals surface area contributed by atoms with Gasteiger partial charge < -0.3 is 4.90 Å². The van der Waals surface area contributed by atoms with E-state index in [1.165, 1.54) is 23.5 Å². The average molecular weight is 388 g/mol. The highest BCUT2D eigenvalue weighted by Crippen LogP contribution is 2.33. The summed E-state index contributed by atoms with van der Waals surface area (Å²) in [6, 6.07) is 14.3. The molecule has 0 aliphatic rings. The molecule has 0 saturated carbocycles. The third-order valence-electron chi connectivity index (χ3n) is 3.53. The Morgan fingerprint density at radius 1 is 1.08 bits per heavy atom. The van der Waals surface area contributed by atoms with Crippen LogP contribution in [0.15, 0.2) is 69.9 Å². The van der Waals surface area contributed by atoms with Crippen molar-refractivity contribution in [2.45, 2.75) is 4.90 Å². The van der Waals surface area contributed by atoms with Crippen LogP contribution in [0.5, 0.6) is 0 Å². The maximum atomic E-state index is 11.7. The van der Waals surface area contributed by atoms with Gasteiger partial charge in [0.25, 0.3) is 10.1 Å². The van der Waals surface area contributed by atoms with Gasteiger partial charge in [-0.3, -0.25) is 4.55 Å². The van der Waals surface area contributed by atoms with Gasteiger partial charge in [0.1, 0.15) is 10.6 Å². The quantitative estimate of drug-likeness (QED) is 0.511. The minimum Gasteiger partial charge on any atom is -0.378 e. The van der Waals surface area contributed by atoms with E-state index in [-0.39, 0.29) is 10.6 Å². The van der Waals surface area contributed by atoms with E-state index in [2.05, 4.69) is 15.2 Å². The lowest BCUT2D eigenvalue weighted by Crippen LogP contribution is -2.09. The second-order valence-corrected chi connectivity index (χ2v) is 7.99. The van der Waals surface area contributed by atoms with Gasteiger partial charge in [-0.2, -0.15) is 8.42 Å². The predicted octanol–water partition coefficient (Wildman–Crippen LogP) is 4.54. The minimum atomic E-state index is -4.43. The molecule has 3 rings (SSSR count). The van der Waals surface area contributed by atoms with Crippen molar-refractivity contribution >= 4 is 38.0 Å². The van der Waals surface area contributed by atoms with E-state index < -0.39 is 10.1 Å². The molecule has 7 nitrogen and oxygen atoms in total. The number of aromatic nitrogens is 1. The summed E-state index contributed by atoms with van der Waals surface area (Å²) < 4.78 is 32.8. The molecular formula is C17H16N4O3S2. The first-order chi connectivity index (χ1) is 12.3. The summed E-state index contributed by atoms with van der Waals surface area (Å²) in [5.41, 5.74) is 1.69. The molecule has 26 heavy (non-hydrogen) atoms. The second-order valence-electron chi connectivity index (χ2n) is 5.59. The van der Waals surface area contributed by atoms with Crippen LogP contribution in [0.4, 0.5) is 16.5 Å². The van der Waals surface area contributed by atoms with Crippen molar-refractivity contribution in [3.8, 4) is 10.4 Å². The lowest BCUT2D eigenvalue weighted by Gasteiger charge is -2.13. The number of anilines is 1. The number of thiazole rings is 1. The molecule has 0 radical (unpaired) electrons. The van der Waals surface area contributed by atoms with Crippen LogP contribution in [-0.4, -0.2) is 32.0 Å². The van der Waals surface area contributed by atoms with E-state index >= 15 is 0 Å². The van der Waals surface area contributed by atoms with E-state index in [1.807, 2.05) is 30.3 Å². The second kappa shape index (κ2) is 7.32. The number of azo groups is 1. The summed E-state index contributed by atoms with van der Waals surface area (Å²) in [5, 5.41) is 8.37. The summed E-state index contributed by atoms with van der Waals surface area (Å²) in [4.78, 5) is 6.54. The van der Waals surface area contributed by atoms with Crippen LogP contribution < -0.4 is 4.90 Å². The van der Waals surface area contributed by atoms with Crippen molar-refractivity contribution in [2.75, 3.05) is 19.0 Å². The summed E-state index contributed by atoms with van der Waals surface area (Å²) >= 11 is 1.33. The maximum absolute atomic E-state index is 11.7. The summed E-state index contributed by atoms with van der Waals surface area (Å²) in [5.74, 6) is 0. The largest absolute Gasteiger partial charge is 0.378 e. The Balaban J connectivity index is 1.93.